The highest BCUT2D eigenvalue weighted by molar-refractivity contribution is 6.77. The number of hydrogen-bond donors (Lipinski definition) is 4. The Labute approximate surface area is 152 Å². The van der Waals surface area contributed by atoms with Gasteiger partial charge in [0.15, 0.2) is 0 Å². The molecule has 0 bridgehead atoms. The second-order valence-electron chi connectivity index (χ2n) is 9.73. The molecule has 0 aromatic carbocycles. The van der Waals surface area contributed by atoms with E-state index in [0.717, 1.165) is 20.8 Å². The van der Waals surface area contributed by atoms with Crippen molar-refractivity contribution in [2.75, 3.05) is 0 Å². The number of nitrogens with two attached hydrogens (primary N) is 2. The van der Waals surface area contributed by atoms with Crippen molar-refractivity contribution in [3.8, 4) is 0 Å². The van der Waals surface area contributed by atoms with E-state index in [1.807, 2.05) is 0 Å². The zero-order valence-electron chi connectivity index (χ0n) is 18.2. The highest BCUT2D eigenvalue weighted by Crippen LogP contribution is 1.89. The van der Waals surface area contributed by atoms with Crippen LogP contribution in [0.1, 0.15) is 0 Å². The predicted molar refractivity (Wildman–Crippen MR) is 128 cm³/mol. The minimum absolute atomic E-state index is 0.819. The average molecular weight is 417 g/mol. The highest BCUT2D eigenvalue weighted by atomic mass is 28.4. The van der Waals surface area contributed by atoms with Gasteiger partial charge in [0.25, 0.3) is 0 Å². The van der Waals surface area contributed by atoms with Crippen LogP contribution in [0.15, 0.2) is 0 Å². The maximum absolute atomic E-state index is 5.49. The molecule has 0 saturated carbocycles. The molecule has 6 N–H and O–H groups in total. The summed E-state index contributed by atoms with van der Waals surface area (Å²) in [6, 6.07) is 0. The SMILES string of the molecule is C[Si](C)(C)N.C[Si](C)(C)N.C[Si](C)(C)N[SiH3].C[Si](C)(C)N[SiH3]. The molecular formula is C12H48N4Si6. The Morgan fingerprint density at radius 1 is 0.500 bits per heavy atom. The fourth-order valence-electron chi connectivity index (χ4n) is 0. The van der Waals surface area contributed by atoms with E-state index in [-0.39, 0.29) is 0 Å². The maximum atomic E-state index is 5.49. The second-order valence-corrected chi connectivity index (χ2v) is 32.2. The summed E-state index contributed by atoms with van der Waals surface area (Å²) < 4.78 is 6.76. The van der Waals surface area contributed by atoms with Crippen LogP contribution in [0.3, 0.4) is 0 Å². The second kappa shape index (κ2) is 13.4. The molecule has 0 amide bonds. The van der Waals surface area contributed by atoms with E-state index in [0.29, 0.717) is 0 Å². The third-order valence-corrected chi connectivity index (χ3v) is 13.5. The van der Waals surface area contributed by atoms with Gasteiger partial charge in [0.1, 0.15) is 32.9 Å². The Kier molecular flexibility index (Phi) is 18.9. The van der Waals surface area contributed by atoms with Gasteiger partial charge in [-0.3, -0.25) is 0 Å². The summed E-state index contributed by atoms with van der Waals surface area (Å²) in [5.41, 5.74) is 0. The Balaban J connectivity index is -0.0000000986. The first-order valence-corrected chi connectivity index (χ1v) is 24.2. The minimum atomic E-state index is -1.11. The quantitative estimate of drug-likeness (QED) is 0.505. The van der Waals surface area contributed by atoms with Gasteiger partial charge in [0, 0.05) is 0 Å². The van der Waals surface area contributed by atoms with Crippen molar-refractivity contribution in [3.63, 3.8) is 0 Å². The topological polar surface area (TPSA) is 76.1 Å². The molecule has 0 aromatic heterocycles. The van der Waals surface area contributed by atoms with Gasteiger partial charge >= 0.3 is 0 Å². The van der Waals surface area contributed by atoms with E-state index in [9.17, 15) is 0 Å². The third kappa shape index (κ3) is 168. The van der Waals surface area contributed by atoms with E-state index in [4.69, 9.17) is 10.8 Å². The van der Waals surface area contributed by atoms with Gasteiger partial charge in [-0.1, -0.05) is 78.6 Å². The predicted octanol–water partition coefficient (Wildman–Crippen LogP) is 0.943. The van der Waals surface area contributed by atoms with Crippen molar-refractivity contribution < 1.29 is 0 Å². The molecule has 0 aliphatic rings. The maximum Gasteiger partial charge on any atom is 0.113 e. The number of rotatable bonds is 2. The smallest absolute Gasteiger partial charge is 0.113 e. The van der Waals surface area contributed by atoms with Crippen LogP contribution in [0.5, 0.6) is 0 Å². The summed E-state index contributed by atoms with van der Waals surface area (Å²) >= 11 is 0. The zero-order chi connectivity index (χ0) is 19.4. The molecule has 0 aliphatic heterocycles. The average Bonchev–Trinajstić information content (AvgIpc) is 2.11. The fraction of sp³-hybridized carbons (Fsp3) is 1.00. The molecule has 0 heterocycles. The van der Waals surface area contributed by atoms with Crippen LogP contribution in [0.25, 0.3) is 0 Å². The molecule has 10 heteroatoms. The Morgan fingerprint density at radius 2 is 0.545 bits per heavy atom. The lowest BCUT2D eigenvalue weighted by atomic mass is 11.8. The Morgan fingerprint density at radius 3 is 0.545 bits per heavy atom. The molecule has 0 radical (unpaired) electrons. The summed E-state index contributed by atoms with van der Waals surface area (Å²) in [4.78, 5) is 0. The molecule has 0 atom stereocenters. The first kappa shape index (κ1) is 31.0. The lowest BCUT2D eigenvalue weighted by Crippen LogP contribution is -2.38. The van der Waals surface area contributed by atoms with Crippen LogP contribution >= 0.6 is 0 Å². The molecule has 0 spiro atoms. The lowest BCUT2D eigenvalue weighted by molar-refractivity contribution is 1.43. The summed E-state index contributed by atoms with van der Waals surface area (Å²) in [6.07, 6.45) is 0. The molecule has 0 aliphatic carbocycles. The first-order chi connectivity index (χ1) is 9.12. The van der Waals surface area contributed by atoms with E-state index in [2.05, 4.69) is 87.9 Å². The van der Waals surface area contributed by atoms with Crippen LogP contribution in [-0.4, -0.2) is 53.7 Å². The van der Waals surface area contributed by atoms with Gasteiger partial charge in [-0.25, -0.2) is 0 Å². The zero-order valence-corrected chi connectivity index (χ0v) is 26.2. The summed E-state index contributed by atoms with van der Waals surface area (Å²) in [5, 5.41) is 11.0. The van der Waals surface area contributed by atoms with E-state index < -0.39 is 32.9 Å². The standard InChI is InChI=1S/2C3H13NSi2.2C3H11NSi/c2*1-6(2,3)4-5;2*1-5(2,3)4/h2*4H,1-3,5H3;2*4H2,1-3H3. The van der Waals surface area contributed by atoms with Gasteiger partial charge in [-0.2, -0.15) is 0 Å². The third-order valence-electron chi connectivity index (χ3n) is 1.50. The van der Waals surface area contributed by atoms with Crippen molar-refractivity contribution in [1.29, 1.82) is 0 Å². The molecule has 0 rings (SSSR count). The van der Waals surface area contributed by atoms with Crippen molar-refractivity contribution in [3.05, 3.63) is 0 Å². The molecule has 4 nitrogen and oxygen atoms in total. The Bertz CT molecular complexity index is 200. The van der Waals surface area contributed by atoms with Gasteiger partial charge in [0.2, 0.25) is 0 Å². The molecule has 0 unspecified atom stereocenters. The summed E-state index contributed by atoms with van der Waals surface area (Å²) in [6.45, 7) is 26.5. The van der Waals surface area contributed by atoms with E-state index in [1.54, 1.807) is 0 Å². The Hall–Kier alpha value is 1.14. The minimum Gasteiger partial charge on any atom is -0.367 e. The van der Waals surface area contributed by atoms with Gasteiger partial charge in [0.05, 0.1) is 20.8 Å². The van der Waals surface area contributed by atoms with Gasteiger partial charge in [-0.05, 0) is 0 Å². The van der Waals surface area contributed by atoms with Gasteiger partial charge in [-0.15, -0.1) is 0 Å². The van der Waals surface area contributed by atoms with Crippen LogP contribution in [0.4, 0.5) is 0 Å². The number of nitrogens with one attached hydrogen (secondary N) is 2. The van der Waals surface area contributed by atoms with Crippen LogP contribution in [0.2, 0.25) is 78.6 Å². The molecule has 22 heavy (non-hydrogen) atoms. The highest BCUT2D eigenvalue weighted by Gasteiger charge is 2.06. The van der Waals surface area contributed by atoms with Crippen molar-refractivity contribution in [2.24, 2.45) is 10.8 Å². The van der Waals surface area contributed by atoms with E-state index >= 15 is 0 Å². The molecular weight excluding hydrogens is 369 g/mol. The van der Waals surface area contributed by atoms with E-state index in [1.165, 1.54) is 0 Å². The van der Waals surface area contributed by atoms with Crippen LogP contribution in [0, 0.1) is 0 Å². The monoisotopic (exact) mass is 416 g/mol. The molecule has 0 aromatic rings. The fourth-order valence-corrected chi connectivity index (χ4v) is 0. The largest absolute Gasteiger partial charge is 0.367 e. The van der Waals surface area contributed by atoms with Crippen molar-refractivity contribution >= 4 is 53.7 Å². The summed E-state index contributed by atoms with van der Waals surface area (Å²) in [7, 11) is -1.54. The molecule has 140 valence electrons. The summed E-state index contributed by atoms with van der Waals surface area (Å²) in [5.74, 6) is 0. The first-order valence-electron chi connectivity index (χ1n) is 8.08. The molecule has 0 saturated heterocycles. The van der Waals surface area contributed by atoms with Crippen molar-refractivity contribution in [1.82, 2.24) is 9.30 Å². The lowest BCUT2D eigenvalue weighted by Gasteiger charge is -2.12. The molecule has 0 fully saturated rings. The van der Waals surface area contributed by atoms with Crippen molar-refractivity contribution in [2.45, 2.75) is 78.6 Å². The number of hydrogen-bond acceptors (Lipinski definition) is 4. The van der Waals surface area contributed by atoms with Crippen LogP contribution in [-0.2, 0) is 0 Å². The normalized spacial score (nSPS) is 12.3. The van der Waals surface area contributed by atoms with Crippen LogP contribution < -0.4 is 20.1 Å². The van der Waals surface area contributed by atoms with Gasteiger partial charge < -0.3 is 20.1 Å².